The van der Waals surface area contributed by atoms with Crippen LogP contribution < -0.4 is 0 Å². The minimum Gasteiger partial charge on any atom is -0.478 e. The Morgan fingerprint density at radius 3 is 2.58 bits per heavy atom. The highest BCUT2D eigenvalue weighted by atomic mass is 16.4. The molecular weight excluding hydrogens is 466 g/mol. The third kappa shape index (κ3) is 4.65. The summed E-state index contributed by atoms with van der Waals surface area (Å²) in [7, 11) is 0. The summed E-state index contributed by atoms with van der Waals surface area (Å²) in [6.07, 6.45) is 16.6. The fourth-order valence-electron chi connectivity index (χ4n) is 10.1. The zero-order chi connectivity index (χ0) is 27.2. The highest BCUT2D eigenvalue weighted by Gasteiger charge is 2.59. The number of hydrogen-bond acceptors (Lipinski definition) is 2. The molecule has 8 atom stereocenters. The molecule has 5 rings (SSSR count). The van der Waals surface area contributed by atoms with Gasteiger partial charge in [-0.25, -0.2) is 4.79 Å². The number of carboxylic acids is 1. The Kier molecular flexibility index (Phi) is 7.58. The Morgan fingerprint density at radius 1 is 1.08 bits per heavy atom. The standard InChI is InChI=1S/C35H49NO2/c1-22(2)7-6-8-23(3)30-13-14-31-28-12-10-26-20-25(29-19-24(21-36)9-11-27(29)33(37)38)15-17-34(26,4)32(28)16-18-35(30,31)5/h9-11,19,22-23,25,28,30-32H,6-8,12-18,20H2,1-5H3,(H,37,38)/t23-,25+,28+,30-,31+,32+,34+,35-/m1/s1. The van der Waals surface area contributed by atoms with Gasteiger partial charge < -0.3 is 5.11 Å². The maximum absolute atomic E-state index is 12.0. The van der Waals surface area contributed by atoms with Crippen molar-refractivity contribution in [3.63, 3.8) is 0 Å². The molecule has 4 aliphatic rings. The van der Waals surface area contributed by atoms with E-state index < -0.39 is 5.97 Å². The molecule has 3 saturated carbocycles. The van der Waals surface area contributed by atoms with Gasteiger partial charge in [0, 0.05) is 0 Å². The van der Waals surface area contributed by atoms with E-state index in [1.807, 2.05) is 6.07 Å². The second-order valence-electron chi connectivity index (χ2n) is 14.4. The molecular formula is C35H49NO2. The molecule has 0 bridgehead atoms. The number of hydrogen-bond donors (Lipinski definition) is 1. The third-order valence-corrected chi connectivity index (χ3v) is 12.2. The van der Waals surface area contributed by atoms with Crippen molar-refractivity contribution in [1.29, 1.82) is 5.26 Å². The van der Waals surface area contributed by atoms with Gasteiger partial charge in [-0.15, -0.1) is 0 Å². The van der Waals surface area contributed by atoms with Gasteiger partial charge in [0.05, 0.1) is 17.2 Å². The SMILES string of the molecule is CC(C)CCC[C@@H](C)[C@H]1CC[C@H]2[C@@H]3CC=C4C[C@@H](c5cc(C#N)ccc5C(=O)O)CC[C@]4(C)[C@H]3CC[C@]12C. The molecule has 0 spiro atoms. The van der Waals surface area contributed by atoms with Crippen molar-refractivity contribution in [1.82, 2.24) is 0 Å². The molecule has 3 heteroatoms. The van der Waals surface area contributed by atoms with E-state index in [0.29, 0.717) is 16.5 Å². The molecule has 1 aromatic carbocycles. The highest BCUT2D eigenvalue weighted by molar-refractivity contribution is 5.90. The molecule has 38 heavy (non-hydrogen) atoms. The average molecular weight is 516 g/mol. The van der Waals surface area contributed by atoms with E-state index in [1.165, 1.54) is 51.4 Å². The van der Waals surface area contributed by atoms with Gasteiger partial charge in [0.1, 0.15) is 0 Å². The van der Waals surface area contributed by atoms with Crippen LogP contribution in [0, 0.1) is 57.7 Å². The Labute approximate surface area is 231 Å². The molecule has 0 aromatic heterocycles. The van der Waals surface area contributed by atoms with Crippen LogP contribution in [0.25, 0.3) is 0 Å². The van der Waals surface area contributed by atoms with E-state index in [4.69, 9.17) is 0 Å². The average Bonchev–Trinajstić information content (AvgIpc) is 3.24. The molecule has 0 aliphatic heterocycles. The molecule has 0 heterocycles. The molecule has 1 aromatic rings. The predicted octanol–water partition coefficient (Wildman–Crippen LogP) is 9.38. The number of nitriles is 1. The van der Waals surface area contributed by atoms with Crippen molar-refractivity contribution in [2.45, 2.75) is 111 Å². The van der Waals surface area contributed by atoms with Crippen LogP contribution in [-0.4, -0.2) is 11.1 Å². The number of fused-ring (bicyclic) bond motifs is 5. The molecule has 0 saturated heterocycles. The Hall–Kier alpha value is -2.08. The lowest BCUT2D eigenvalue weighted by Gasteiger charge is -2.58. The van der Waals surface area contributed by atoms with Crippen LogP contribution in [0.1, 0.15) is 133 Å². The van der Waals surface area contributed by atoms with Gasteiger partial charge in [0.25, 0.3) is 0 Å². The summed E-state index contributed by atoms with van der Waals surface area (Å²) < 4.78 is 0. The van der Waals surface area contributed by atoms with E-state index in [9.17, 15) is 15.2 Å². The van der Waals surface area contributed by atoms with Gasteiger partial charge in [-0.05, 0) is 127 Å². The fourth-order valence-corrected chi connectivity index (χ4v) is 10.1. The number of rotatable bonds is 7. The van der Waals surface area contributed by atoms with Crippen LogP contribution in [0.5, 0.6) is 0 Å². The van der Waals surface area contributed by atoms with Gasteiger partial charge in [0.15, 0.2) is 0 Å². The zero-order valence-electron chi connectivity index (χ0n) is 24.4. The molecule has 0 radical (unpaired) electrons. The molecule has 206 valence electrons. The Bertz CT molecular complexity index is 1130. The lowest BCUT2D eigenvalue weighted by Crippen LogP contribution is -2.50. The monoisotopic (exact) mass is 515 g/mol. The van der Waals surface area contributed by atoms with Gasteiger partial charge >= 0.3 is 5.97 Å². The second-order valence-corrected chi connectivity index (χ2v) is 14.4. The van der Waals surface area contributed by atoms with Crippen LogP contribution in [-0.2, 0) is 0 Å². The smallest absolute Gasteiger partial charge is 0.335 e. The maximum atomic E-state index is 12.0. The van der Waals surface area contributed by atoms with E-state index in [-0.39, 0.29) is 11.3 Å². The number of allylic oxidation sites excluding steroid dienone is 2. The maximum Gasteiger partial charge on any atom is 0.335 e. The zero-order valence-corrected chi connectivity index (χ0v) is 24.4. The van der Waals surface area contributed by atoms with Crippen molar-refractivity contribution in [3.8, 4) is 6.07 Å². The van der Waals surface area contributed by atoms with Crippen LogP contribution in [0.4, 0.5) is 0 Å². The number of aromatic carboxylic acids is 1. The summed E-state index contributed by atoms with van der Waals surface area (Å²) in [6, 6.07) is 7.34. The third-order valence-electron chi connectivity index (χ3n) is 12.2. The molecule has 1 N–H and O–H groups in total. The van der Waals surface area contributed by atoms with E-state index in [1.54, 1.807) is 17.7 Å². The summed E-state index contributed by atoms with van der Waals surface area (Å²) in [4.78, 5) is 12.0. The summed E-state index contributed by atoms with van der Waals surface area (Å²) in [6.45, 7) is 12.5. The first kappa shape index (κ1) is 27.5. The topological polar surface area (TPSA) is 61.1 Å². The van der Waals surface area contributed by atoms with Gasteiger partial charge in [-0.2, -0.15) is 5.26 Å². The summed E-state index contributed by atoms with van der Waals surface area (Å²) in [5, 5.41) is 19.3. The van der Waals surface area contributed by atoms with Crippen LogP contribution >= 0.6 is 0 Å². The summed E-state index contributed by atoms with van der Waals surface area (Å²) in [5.74, 6) is 4.29. The molecule has 3 nitrogen and oxygen atoms in total. The normalized spacial score (nSPS) is 37.0. The van der Waals surface area contributed by atoms with E-state index >= 15 is 0 Å². The Morgan fingerprint density at radius 2 is 1.87 bits per heavy atom. The van der Waals surface area contributed by atoms with Crippen LogP contribution in [0.3, 0.4) is 0 Å². The van der Waals surface area contributed by atoms with E-state index in [0.717, 1.165) is 60.3 Å². The van der Waals surface area contributed by atoms with Gasteiger partial charge in [-0.3, -0.25) is 0 Å². The first-order chi connectivity index (χ1) is 18.1. The minimum absolute atomic E-state index is 0.196. The highest BCUT2D eigenvalue weighted by Crippen LogP contribution is 2.68. The lowest BCUT2D eigenvalue weighted by molar-refractivity contribution is -0.0510. The number of carbonyl (C=O) groups is 1. The largest absolute Gasteiger partial charge is 0.478 e. The number of nitrogens with zero attached hydrogens (tertiary/aromatic N) is 1. The first-order valence-corrected chi connectivity index (χ1v) is 15.5. The van der Waals surface area contributed by atoms with Gasteiger partial charge in [0.2, 0.25) is 0 Å². The minimum atomic E-state index is -0.878. The van der Waals surface area contributed by atoms with Crippen molar-refractivity contribution in [2.24, 2.45) is 46.3 Å². The van der Waals surface area contributed by atoms with Crippen molar-refractivity contribution in [3.05, 3.63) is 46.5 Å². The molecule has 0 unspecified atom stereocenters. The molecule has 4 aliphatic carbocycles. The number of benzene rings is 1. The summed E-state index contributed by atoms with van der Waals surface area (Å²) in [5.41, 5.74) is 4.14. The Balaban J connectivity index is 1.34. The van der Waals surface area contributed by atoms with Gasteiger partial charge in [-0.1, -0.05) is 65.5 Å². The predicted molar refractivity (Wildman–Crippen MR) is 154 cm³/mol. The quantitative estimate of drug-likeness (QED) is 0.368. The molecule has 3 fully saturated rings. The van der Waals surface area contributed by atoms with E-state index in [2.05, 4.69) is 46.8 Å². The fraction of sp³-hybridized carbons (Fsp3) is 0.714. The second kappa shape index (κ2) is 10.5. The summed E-state index contributed by atoms with van der Waals surface area (Å²) >= 11 is 0. The molecule has 0 amide bonds. The van der Waals surface area contributed by atoms with Crippen molar-refractivity contribution in [2.75, 3.05) is 0 Å². The van der Waals surface area contributed by atoms with Crippen LogP contribution in [0.15, 0.2) is 29.8 Å². The van der Waals surface area contributed by atoms with Crippen LogP contribution in [0.2, 0.25) is 0 Å². The first-order valence-electron chi connectivity index (χ1n) is 15.5. The van der Waals surface area contributed by atoms with Crippen molar-refractivity contribution < 1.29 is 9.90 Å². The lowest BCUT2D eigenvalue weighted by atomic mass is 9.46. The van der Waals surface area contributed by atoms with Crippen molar-refractivity contribution >= 4 is 5.97 Å². The number of carboxylic acid groups (broad SMARTS) is 1.